The Labute approximate surface area is 92.0 Å². The minimum atomic E-state index is -4.66. The summed E-state index contributed by atoms with van der Waals surface area (Å²) in [5.41, 5.74) is 4.69. The van der Waals surface area contributed by atoms with Crippen LogP contribution in [0.4, 0.5) is 13.2 Å². The van der Waals surface area contributed by atoms with Crippen molar-refractivity contribution in [2.75, 3.05) is 6.54 Å². The first-order valence-electron chi connectivity index (χ1n) is 4.35. The van der Waals surface area contributed by atoms with Crippen molar-refractivity contribution in [2.24, 2.45) is 11.1 Å². The van der Waals surface area contributed by atoms with Gasteiger partial charge in [-0.2, -0.15) is 13.2 Å². The SMILES string of the molecule is CC1(CNC(=O)C(N)C(F)(F)F)CC1.Cl. The molecule has 3 N–H and O–H groups in total. The van der Waals surface area contributed by atoms with Crippen LogP contribution in [0, 0.1) is 5.41 Å². The number of hydrogen-bond donors (Lipinski definition) is 2. The van der Waals surface area contributed by atoms with Crippen molar-refractivity contribution in [2.45, 2.75) is 32.0 Å². The minimum absolute atomic E-state index is 0. The second-order valence-corrected chi connectivity index (χ2v) is 4.05. The minimum Gasteiger partial charge on any atom is -0.354 e. The molecule has 1 saturated carbocycles. The highest BCUT2D eigenvalue weighted by molar-refractivity contribution is 5.85. The number of halogens is 4. The topological polar surface area (TPSA) is 55.1 Å². The van der Waals surface area contributed by atoms with Crippen LogP contribution in [-0.2, 0) is 4.79 Å². The lowest BCUT2D eigenvalue weighted by Crippen LogP contribution is -2.51. The molecule has 0 aromatic rings. The average molecular weight is 247 g/mol. The van der Waals surface area contributed by atoms with Crippen molar-refractivity contribution >= 4 is 18.3 Å². The predicted molar refractivity (Wildman–Crippen MR) is 51.6 cm³/mol. The Kier molecular flexibility index (Phi) is 4.42. The molecule has 0 aromatic heterocycles. The average Bonchev–Trinajstić information content (AvgIpc) is 2.77. The van der Waals surface area contributed by atoms with E-state index in [9.17, 15) is 18.0 Å². The third kappa shape index (κ3) is 4.25. The Balaban J connectivity index is 0.00000196. The lowest BCUT2D eigenvalue weighted by molar-refractivity contribution is -0.162. The molecular formula is C8H14ClF3N2O. The summed E-state index contributed by atoms with van der Waals surface area (Å²) in [4.78, 5) is 10.9. The van der Waals surface area contributed by atoms with Crippen LogP contribution in [0.3, 0.4) is 0 Å². The van der Waals surface area contributed by atoms with E-state index in [1.165, 1.54) is 0 Å². The Morgan fingerprint density at radius 1 is 1.53 bits per heavy atom. The maximum atomic E-state index is 11.9. The molecule has 0 spiro atoms. The first kappa shape index (κ1) is 14.5. The lowest BCUT2D eigenvalue weighted by atomic mass is 10.1. The Morgan fingerprint density at radius 2 is 2.00 bits per heavy atom. The standard InChI is InChI=1S/C8H13F3N2O.ClH/c1-7(2-3-7)4-13-6(14)5(12)8(9,10)11;/h5H,2-4,12H2,1H3,(H,13,14);1H. The van der Waals surface area contributed by atoms with Gasteiger partial charge in [-0.25, -0.2) is 0 Å². The van der Waals surface area contributed by atoms with Gasteiger partial charge in [0.05, 0.1) is 0 Å². The second-order valence-electron chi connectivity index (χ2n) is 4.05. The summed E-state index contributed by atoms with van der Waals surface area (Å²) in [6.45, 7) is 2.18. The summed E-state index contributed by atoms with van der Waals surface area (Å²) in [5, 5.41) is 2.21. The molecule has 1 aliphatic rings. The van der Waals surface area contributed by atoms with Crippen LogP contribution in [0.15, 0.2) is 0 Å². The molecule has 0 heterocycles. The molecule has 1 aliphatic carbocycles. The number of carbonyl (C=O) groups is 1. The molecule has 0 bridgehead atoms. The van der Waals surface area contributed by atoms with Gasteiger partial charge >= 0.3 is 6.18 Å². The third-order valence-electron chi connectivity index (χ3n) is 2.43. The fraction of sp³-hybridized carbons (Fsp3) is 0.875. The van der Waals surface area contributed by atoms with Crippen molar-refractivity contribution in [3.05, 3.63) is 0 Å². The molecule has 90 valence electrons. The quantitative estimate of drug-likeness (QED) is 0.787. The van der Waals surface area contributed by atoms with E-state index in [-0.39, 0.29) is 24.4 Å². The van der Waals surface area contributed by atoms with Crippen LogP contribution in [0.2, 0.25) is 0 Å². The predicted octanol–water partition coefficient (Wildman–Crippen LogP) is 1.21. The molecule has 0 aromatic carbocycles. The highest BCUT2D eigenvalue weighted by Gasteiger charge is 2.43. The van der Waals surface area contributed by atoms with Crippen molar-refractivity contribution < 1.29 is 18.0 Å². The largest absolute Gasteiger partial charge is 0.412 e. The number of carbonyl (C=O) groups excluding carboxylic acids is 1. The first-order chi connectivity index (χ1) is 6.25. The van der Waals surface area contributed by atoms with Crippen molar-refractivity contribution in [3.8, 4) is 0 Å². The van der Waals surface area contributed by atoms with Crippen LogP contribution < -0.4 is 11.1 Å². The molecule has 1 amide bonds. The number of alkyl halides is 3. The van der Waals surface area contributed by atoms with Gasteiger partial charge in [-0.3, -0.25) is 4.79 Å². The van der Waals surface area contributed by atoms with Crippen molar-refractivity contribution in [1.82, 2.24) is 5.32 Å². The zero-order valence-electron chi connectivity index (χ0n) is 8.23. The first-order valence-corrected chi connectivity index (χ1v) is 4.35. The summed E-state index contributed by atoms with van der Waals surface area (Å²) in [6, 6.07) is -2.41. The molecule has 1 unspecified atom stereocenters. The zero-order chi connectivity index (χ0) is 11.0. The lowest BCUT2D eigenvalue weighted by Gasteiger charge is -2.16. The van der Waals surface area contributed by atoms with Crippen LogP contribution in [-0.4, -0.2) is 24.7 Å². The number of rotatable bonds is 3. The number of amides is 1. The van der Waals surface area contributed by atoms with Crippen LogP contribution in [0.25, 0.3) is 0 Å². The fourth-order valence-electron chi connectivity index (χ4n) is 0.949. The summed E-state index contributed by atoms with van der Waals surface area (Å²) < 4.78 is 35.8. The molecule has 15 heavy (non-hydrogen) atoms. The van der Waals surface area contributed by atoms with Crippen molar-refractivity contribution in [1.29, 1.82) is 0 Å². The van der Waals surface area contributed by atoms with Gasteiger partial charge in [-0.05, 0) is 18.3 Å². The smallest absolute Gasteiger partial charge is 0.354 e. The van der Waals surface area contributed by atoms with Gasteiger partial charge < -0.3 is 11.1 Å². The van der Waals surface area contributed by atoms with Gasteiger partial charge in [0.25, 0.3) is 0 Å². The van der Waals surface area contributed by atoms with E-state index in [1.807, 2.05) is 6.92 Å². The van der Waals surface area contributed by atoms with Gasteiger partial charge in [0.1, 0.15) is 0 Å². The van der Waals surface area contributed by atoms with Gasteiger partial charge in [0.15, 0.2) is 6.04 Å². The maximum Gasteiger partial charge on any atom is 0.412 e. The highest BCUT2D eigenvalue weighted by atomic mass is 35.5. The molecule has 1 rings (SSSR count). The van der Waals surface area contributed by atoms with E-state index >= 15 is 0 Å². The molecule has 0 radical (unpaired) electrons. The van der Waals surface area contributed by atoms with E-state index in [1.54, 1.807) is 0 Å². The number of nitrogens with two attached hydrogens (primary N) is 1. The summed E-state index contributed by atoms with van der Waals surface area (Å²) in [5.74, 6) is -1.15. The molecule has 7 heteroatoms. The van der Waals surface area contributed by atoms with E-state index < -0.39 is 18.1 Å². The Bertz CT molecular complexity index is 241. The highest BCUT2D eigenvalue weighted by Crippen LogP contribution is 2.44. The third-order valence-corrected chi connectivity index (χ3v) is 2.43. The monoisotopic (exact) mass is 246 g/mol. The molecule has 3 nitrogen and oxygen atoms in total. The Hall–Kier alpha value is -0.490. The molecule has 1 atom stereocenters. The maximum absolute atomic E-state index is 11.9. The van der Waals surface area contributed by atoms with Gasteiger partial charge in [-0.15, -0.1) is 12.4 Å². The van der Waals surface area contributed by atoms with Crippen LogP contribution >= 0.6 is 12.4 Å². The van der Waals surface area contributed by atoms with Crippen molar-refractivity contribution in [3.63, 3.8) is 0 Å². The van der Waals surface area contributed by atoms with E-state index in [0.717, 1.165) is 12.8 Å². The summed E-state index contributed by atoms with van der Waals surface area (Å²) in [6.07, 6.45) is -2.78. The normalized spacial score (nSPS) is 20.1. The van der Waals surface area contributed by atoms with E-state index in [0.29, 0.717) is 0 Å². The van der Waals surface area contributed by atoms with Gasteiger partial charge in [0.2, 0.25) is 5.91 Å². The number of hydrogen-bond acceptors (Lipinski definition) is 2. The molecule has 0 aliphatic heterocycles. The zero-order valence-corrected chi connectivity index (χ0v) is 9.04. The van der Waals surface area contributed by atoms with E-state index in [2.05, 4.69) is 5.32 Å². The molecule has 0 saturated heterocycles. The van der Waals surface area contributed by atoms with E-state index in [4.69, 9.17) is 5.73 Å². The summed E-state index contributed by atoms with van der Waals surface area (Å²) >= 11 is 0. The fourth-order valence-corrected chi connectivity index (χ4v) is 0.949. The van der Waals surface area contributed by atoms with Gasteiger partial charge in [-0.1, -0.05) is 6.92 Å². The Morgan fingerprint density at radius 3 is 2.33 bits per heavy atom. The van der Waals surface area contributed by atoms with Crippen LogP contribution in [0.5, 0.6) is 0 Å². The molecule has 1 fully saturated rings. The second kappa shape index (κ2) is 4.57. The van der Waals surface area contributed by atoms with Crippen LogP contribution in [0.1, 0.15) is 19.8 Å². The number of nitrogens with one attached hydrogen (secondary N) is 1. The molecular weight excluding hydrogens is 233 g/mol. The summed E-state index contributed by atoms with van der Waals surface area (Å²) in [7, 11) is 0. The van der Waals surface area contributed by atoms with Gasteiger partial charge in [0, 0.05) is 6.54 Å².